The molecule has 1 aromatic rings. The molecule has 1 aromatic heterocycles. The highest BCUT2D eigenvalue weighted by Gasteiger charge is 2.28. The van der Waals surface area contributed by atoms with E-state index >= 15 is 0 Å². The van der Waals surface area contributed by atoms with Crippen molar-refractivity contribution in [3.8, 4) is 0 Å². The minimum Gasteiger partial charge on any atom is -0.466 e. The van der Waals surface area contributed by atoms with Gasteiger partial charge in [-0.3, -0.25) is 14.4 Å². The molecule has 2 heterocycles. The summed E-state index contributed by atoms with van der Waals surface area (Å²) in [4.78, 5) is 14.2. The van der Waals surface area contributed by atoms with Gasteiger partial charge in [-0.15, -0.1) is 0 Å². The van der Waals surface area contributed by atoms with Gasteiger partial charge in [0.05, 0.1) is 28.4 Å². The van der Waals surface area contributed by atoms with E-state index in [2.05, 4.69) is 32.9 Å². The van der Waals surface area contributed by atoms with Crippen molar-refractivity contribution < 1.29 is 9.53 Å². The number of likely N-dealkylation sites (tertiary alicyclic amines) is 1. The van der Waals surface area contributed by atoms with E-state index in [0.717, 1.165) is 49.1 Å². The lowest BCUT2D eigenvalue weighted by Crippen LogP contribution is -2.39. The van der Waals surface area contributed by atoms with Crippen LogP contribution in [0.25, 0.3) is 0 Å². The lowest BCUT2D eigenvalue weighted by molar-refractivity contribution is -0.150. The monoisotopic (exact) mass is 357 g/mol. The van der Waals surface area contributed by atoms with E-state index < -0.39 is 0 Å². The third-order valence-corrected chi connectivity index (χ3v) is 4.92. The van der Waals surface area contributed by atoms with Crippen LogP contribution in [0.3, 0.4) is 0 Å². The topological polar surface area (TPSA) is 47.4 Å². The van der Waals surface area contributed by atoms with Gasteiger partial charge in [-0.25, -0.2) is 0 Å². The Morgan fingerprint density at radius 2 is 2.24 bits per heavy atom. The fourth-order valence-electron chi connectivity index (χ4n) is 2.86. The Kier molecular flexibility index (Phi) is 5.81. The zero-order valence-electron chi connectivity index (χ0n) is 13.1. The molecule has 1 aliphatic rings. The van der Waals surface area contributed by atoms with Crippen LogP contribution in [0.1, 0.15) is 38.1 Å². The fraction of sp³-hybridized carbons (Fsp3) is 0.733. The average molecular weight is 358 g/mol. The van der Waals surface area contributed by atoms with Gasteiger partial charge >= 0.3 is 5.97 Å². The quantitative estimate of drug-likeness (QED) is 0.759. The summed E-state index contributed by atoms with van der Waals surface area (Å²) >= 11 is 3.66. The first-order valence-electron chi connectivity index (χ1n) is 7.66. The minimum absolute atomic E-state index is 0.0105. The molecule has 0 aliphatic carbocycles. The highest BCUT2D eigenvalue weighted by Crippen LogP contribution is 2.25. The number of hydrogen-bond acceptors (Lipinski definition) is 4. The minimum atomic E-state index is -0.0551. The number of halogens is 1. The molecule has 1 saturated heterocycles. The number of carbonyl (C=O) groups excluding carboxylic acids is 1. The molecule has 0 amide bonds. The van der Waals surface area contributed by atoms with Gasteiger partial charge in [0.25, 0.3) is 0 Å². The number of ether oxygens (including phenoxy) is 1. The van der Waals surface area contributed by atoms with Gasteiger partial charge in [-0.05, 0) is 48.7 Å². The fourth-order valence-corrected chi connectivity index (χ4v) is 3.60. The molecule has 1 aliphatic heterocycles. The molecule has 0 bridgehead atoms. The number of aromatic nitrogens is 2. The van der Waals surface area contributed by atoms with Crippen molar-refractivity contribution in [1.82, 2.24) is 14.7 Å². The molecule has 1 fully saturated rings. The number of carbonyl (C=O) groups is 1. The lowest BCUT2D eigenvalue weighted by Gasteiger charge is -2.31. The Labute approximate surface area is 134 Å². The van der Waals surface area contributed by atoms with Crippen molar-refractivity contribution in [3.63, 3.8) is 0 Å². The smallest absolute Gasteiger partial charge is 0.310 e. The SMILES string of the molecule is CCOC(=O)[C@@H]1CCCN(Cc2c(Br)c(CC)nn2C)C1. The molecule has 2 rings (SSSR count). The molecular formula is C15H24BrN3O2. The Balaban J connectivity index is 2.03. The molecule has 21 heavy (non-hydrogen) atoms. The largest absolute Gasteiger partial charge is 0.466 e. The molecule has 118 valence electrons. The van der Waals surface area contributed by atoms with Crippen molar-refractivity contribution in [2.24, 2.45) is 13.0 Å². The summed E-state index contributed by atoms with van der Waals surface area (Å²) in [5, 5.41) is 4.53. The van der Waals surface area contributed by atoms with Crippen LogP contribution >= 0.6 is 15.9 Å². The van der Waals surface area contributed by atoms with Gasteiger partial charge in [0, 0.05) is 20.1 Å². The van der Waals surface area contributed by atoms with Gasteiger partial charge < -0.3 is 4.74 Å². The van der Waals surface area contributed by atoms with E-state index in [0.29, 0.717) is 6.61 Å². The van der Waals surface area contributed by atoms with Crippen molar-refractivity contribution in [3.05, 3.63) is 15.9 Å². The second kappa shape index (κ2) is 7.40. The number of esters is 1. The maximum atomic E-state index is 11.9. The summed E-state index contributed by atoms with van der Waals surface area (Å²) in [6, 6.07) is 0. The summed E-state index contributed by atoms with van der Waals surface area (Å²) in [5.74, 6) is -0.0446. The lowest BCUT2D eigenvalue weighted by atomic mass is 9.98. The molecule has 0 N–H and O–H groups in total. The van der Waals surface area contributed by atoms with Gasteiger partial charge in [-0.2, -0.15) is 5.10 Å². The summed E-state index contributed by atoms with van der Waals surface area (Å²) in [6.45, 7) is 7.04. The van der Waals surface area contributed by atoms with E-state index in [1.165, 1.54) is 5.69 Å². The molecule has 0 saturated carbocycles. The molecule has 1 atom stereocenters. The van der Waals surface area contributed by atoms with Crippen molar-refractivity contribution in [2.45, 2.75) is 39.7 Å². The molecule has 0 radical (unpaired) electrons. The molecule has 0 spiro atoms. The molecule has 6 heteroatoms. The third-order valence-electron chi connectivity index (χ3n) is 4.00. The summed E-state index contributed by atoms with van der Waals surface area (Å²) in [5.41, 5.74) is 2.27. The Bertz CT molecular complexity index is 501. The van der Waals surface area contributed by atoms with Crippen LogP contribution < -0.4 is 0 Å². The van der Waals surface area contributed by atoms with Gasteiger partial charge in [0.2, 0.25) is 0 Å². The average Bonchev–Trinajstić information content (AvgIpc) is 2.75. The van der Waals surface area contributed by atoms with Gasteiger partial charge in [-0.1, -0.05) is 6.92 Å². The van der Waals surface area contributed by atoms with E-state index in [1.807, 2.05) is 18.7 Å². The summed E-state index contributed by atoms with van der Waals surface area (Å²) < 4.78 is 8.20. The maximum absolute atomic E-state index is 11.9. The molecule has 0 aromatic carbocycles. The van der Waals surface area contributed by atoms with Crippen LogP contribution in [0.4, 0.5) is 0 Å². The second-order valence-electron chi connectivity index (χ2n) is 5.51. The normalized spacial score (nSPS) is 19.7. The van der Waals surface area contributed by atoms with Crippen LogP contribution in [-0.4, -0.2) is 40.3 Å². The molecule has 0 unspecified atom stereocenters. The summed E-state index contributed by atoms with van der Waals surface area (Å²) in [7, 11) is 1.98. The number of aryl methyl sites for hydroxylation is 2. The maximum Gasteiger partial charge on any atom is 0.310 e. The number of piperidine rings is 1. The highest BCUT2D eigenvalue weighted by molar-refractivity contribution is 9.10. The first-order valence-corrected chi connectivity index (χ1v) is 8.45. The van der Waals surface area contributed by atoms with Gasteiger partial charge in [0.1, 0.15) is 0 Å². The predicted octanol–water partition coefficient (Wildman–Crippen LogP) is 2.52. The zero-order valence-corrected chi connectivity index (χ0v) is 14.6. The zero-order chi connectivity index (χ0) is 15.4. The van der Waals surface area contributed by atoms with E-state index in [1.54, 1.807) is 0 Å². The van der Waals surface area contributed by atoms with Gasteiger partial charge in [0.15, 0.2) is 0 Å². The van der Waals surface area contributed by atoms with E-state index in [4.69, 9.17) is 4.74 Å². The Hall–Kier alpha value is -0.880. The highest BCUT2D eigenvalue weighted by atomic mass is 79.9. The predicted molar refractivity (Wildman–Crippen MR) is 84.9 cm³/mol. The van der Waals surface area contributed by atoms with Crippen molar-refractivity contribution in [2.75, 3.05) is 19.7 Å². The van der Waals surface area contributed by atoms with Crippen LogP contribution in [0.5, 0.6) is 0 Å². The first kappa shape index (κ1) is 16.5. The number of hydrogen-bond donors (Lipinski definition) is 0. The van der Waals surface area contributed by atoms with Crippen molar-refractivity contribution in [1.29, 1.82) is 0 Å². The Morgan fingerprint density at radius 3 is 2.86 bits per heavy atom. The molecule has 5 nitrogen and oxygen atoms in total. The number of rotatable bonds is 5. The van der Waals surface area contributed by atoms with Crippen LogP contribution in [-0.2, 0) is 29.5 Å². The first-order chi connectivity index (χ1) is 10.1. The third kappa shape index (κ3) is 3.86. The molecular weight excluding hydrogens is 334 g/mol. The van der Waals surface area contributed by atoms with Crippen LogP contribution in [0, 0.1) is 5.92 Å². The van der Waals surface area contributed by atoms with Crippen LogP contribution in [0.15, 0.2) is 4.47 Å². The Morgan fingerprint density at radius 1 is 1.48 bits per heavy atom. The van der Waals surface area contributed by atoms with E-state index in [-0.39, 0.29) is 11.9 Å². The number of nitrogens with zero attached hydrogens (tertiary/aromatic N) is 3. The van der Waals surface area contributed by atoms with Crippen molar-refractivity contribution >= 4 is 21.9 Å². The van der Waals surface area contributed by atoms with Crippen LogP contribution in [0.2, 0.25) is 0 Å². The standard InChI is InChI=1S/C15H24BrN3O2/c1-4-12-14(16)13(18(3)17-12)10-19-8-6-7-11(9-19)15(20)21-5-2/h11H,4-10H2,1-3H3/t11-/m1/s1. The summed E-state index contributed by atoms with van der Waals surface area (Å²) in [6.07, 6.45) is 2.89. The second-order valence-corrected chi connectivity index (χ2v) is 6.30. The van der Waals surface area contributed by atoms with E-state index in [9.17, 15) is 4.79 Å².